The van der Waals surface area contributed by atoms with Gasteiger partial charge in [-0.2, -0.15) is 5.10 Å². The molecule has 1 N–H and O–H groups in total. The molecular weight excluding hydrogens is 610 g/mol. The van der Waals surface area contributed by atoms with Gasteiger partial charge < -0.3 is 33.5 Å². The summed E-state index contributed by atoms with van der Waals surface area (Å²) in [6.45, 7) is 0.881. The van der Waals surface area contributed by atoms with Gasteiger partial charge in [0, 0.05) is 31.7 Å². The maximum absolute atomic E-state index is 13.6. The summed E-state index contributed by atoms with van der Waals surface area (Å²) >= 11 is 1.36. The fourth-order valence-electron chi connectivity index (χ4n) is 5.39. The van der Waals surface area contributed by atoms with E-state index in [0.29, 0.717) is 69.3 Å². The Morgan fingerprint density at radius 1 is 0.870 bits per heavy atom. The standard InChI is InChI=1S/C32H33N7O6S/c1-37-28-22(29-30(37)36-27(18-40)46-29)14-34-39(31(28)41)17-21-10-11-33-32(35-21)38(15-19-6-8-23(42-2)25(12-19)44-4)16-20-7-9-24(43-3)26(13-20)45-5/h6-14,40H,15-18H2,1-5H3. The van der Waals surface area contributed by atoms with E-state index in [2.05, 4.69) is 15.1 Å². The highest BCUT2D eigenvalue weighted by atomic mass is 32.1. The van der Waals surface area contributed by atoms with Crippen LogP contribution in [0.3, 0.4) is 0 Å². The Balaban J connectivity index is 1.35. The number of fused-ring (bicyclic) bond motifs is 3. The van der Waals surface area contributed by atoms with Gasteiger partial charge in [-0.3, -0.25) is 4.79 Å². The van der Waals surface area contributed by atoms with Gasteiger partial charge in [0.2, 0.25) is 5.95 Å². The lowest BCUT2D eigenvalue weighted by molar-refractivity contribution is 0.281. The molecule has 6 rings (SSSR count). The van der Waals surface area contributed by atoms with E-state index in [-0.39, 0.29) is 18.7 Å². The SMILES string of the molecule is COc1ccc(CN(Cc2ccc(OC)c(OC)c2)c2nccc(Cn3ncc4c5sc(CO)nc5n(C)c4c3=O)n2)cc1OC. The Hall–Kier alpha value is -5.21. The molecule has 46 heavy (non-hydrogen) atoms. The normalized spacial score (nSPS) is 11.3. The van der Waals surface area contributed by atoms with Crippen LogP contribution in [0.15, 0.2) is 59.7 Å². The molecule has 0 spiro atoms. The van der Waals surface area contributed by atoms with Crippen LogP contribution in [-0.4, -0.2) is 62.8 Å². The van der Waals surface area contributed by atoms with Gasteiger partial charge in [-0.05, 0) is 41.5 Å². The number of aryl methyl sites for hydroxylation is 1. The largest absolute Gasteiger partial charge is 0.493 e. The second-order valence-corrected chi connectivity index (χ2v) is 11.5. The summed E-state index contributed by atoms with van der Waals surface area (Å²) in [4.78, 5) is 29.6. The molecule has 0 atom stereocenters. The number of thiazole rings is 1. The Bertz CT molecular complexity index is 2030. The summed E-state index contributed by atoms with van der Waals surface area (Å²) < 4.78 is 25.9. The first-order chi connectivity index (χ1) is 22.4. The average Bonchev–Trinajstić information content (AvgIpc) is 3.63. The predicted molar refractivity (Wildman–Crippen MR) is 174 cm³/mol. The van der Waals surface area contributed by atoms with Gasteiger partial charge in [-0.25, -0.2) is 19.6 Å². The van der Waals surface area contributed by atoms with Crippen molar-refractivity contribution in [3.8, 4) is 23.0 Å². The van der Waals surface area contributed by atoms with Crippen LogP contribution in [0.4, 0.5) is 5.95 Å². The molecule has 0 aliphatic heterocycles. The van der Waals surface area contributed by atoms with E-state index in [9.17, 15) is 9.90 Å². The zero-order chi connectivity index (χ0) is 32.4. The summed E-state index contributed by atoms with van der Waals surface area (Å²) in [5, 5.41) is 15.3. The van der Waals surface area contributed by atoms with Crippen molar-refractivity contribution in [3.63, 3.8) is 0 Å². The van der Waals surface area contributed by atoms with Crippen LogP contribution in [0.5, 0.6) is 23.0 Å². The molecule has 0 bridgehead atoms. The number of ether oxygens (including phenoxy) is 4. The quantitative estimate of drug-likeness (QED) is 0.208. The number of aliphatic hydroxyl groups is 1. The molecule has 13 nitrogen and oxygen atoms in total. The average molecular weight is 644 g/mol. The third-order valence-electron chi connectivity index (χ3n) is 7.64. The van der Waals surface area contributed by atoms with Gasteiger partial charge in [-0.15, -0.1) is 11.3 Å². The van der Waals surface area contributed by atoms with E-state index < -0.39 is 0 Å². The number of hydrogen-bond acceptors (Lipinski definition) is 12. The first kappa shape index (κ1) is 30.8. The minimum Gasteiger partial charge on any atom is -0.493 e. The van der Waals surface area contributed by atoms with E-state index >= 15 is 0 Å². The van der Waals surface area contributed by atoms with Crippen molar-refractivity contribution in [2.45, 2.75) is 26.2 Å². The first-order valence-corrected chi connectivity index (χ1v) is 15.1. The van der Waals surface area contributed by atoms with Crippen LogP contribution in [-0.2, 0) is 33.3 Å². The molecule has 0 amide bonds. The molecule has 6 aromatic rings. The Kier molecular flexibility index (Phi) is 8.72. The molecule has 0 saturated heterocycles. The highest BCUT2D eigenvalue weighted by Crippen LogP contribution is 2.32. The molecule has 2 aromatic carbocycles. The fourth-order valence-corrected chi connectivity index (χ4v) is 6.35. The fraction of sp³-hybridized carbons (Fsp3) is 0.281. The van der Waals surface area contributed by atoms with Gasteiger partial charge in [0.25, 0.3) is 5.56 Å². The third kappa shape index (κ3) is 5.79. The number of aliphatic hydroxyl groups excluding tert-OH is 1. The third-order valence-corrected chi connectivity index (χ3v) is 8.71. The molecule has 0 radical (unpaired) electrons. The van der Waals surface area contributed by atoms with Gasteiger partial charge in [0.1, 0.15) is 10.5 Å². The molecule has 4 aromatic heterocycles. The van der Waals surface area contributed by atoms with Crippen molar-refractivity contribution < 1.29 is 24.1 Å². The van der Waals surface area contributed by atoms with Crippen molar-refractivity contribution in [1.29, 1.82) is 0 Å². The number of aromatic nitrogens is 6. The summed E-state index contributed by atoms with van der Waals surface area (Å²) in [5.74, 6) is 2.97. The van der Waals surface area contributed by atoms with Crippen molar-refractivity contribution >= 4 is 38.5 Å². The summed E-state index contributed by atoms with van der Waals surface area (Å²) in [5.41, 5.74) is 3.40. The lowest BCUT2D eigenvalue weighted by atomic mass is 10.1. The highest BCUT2D eigenvalue weighted by Gasteiger charge is 2.20. The monoisotopic (exact) mass is 643 g/mol. The molecule has 238 valence electrons. The molecule has 0 unspecified atom stereocenters. The molecule has 0 aliphatic carbocycles. The highest BCUT2D eigenvalue weighted by molar-refractivity contribution is 7.19. The Morgan fingerprint density at radius 2 is 1.50 bits per heavy atom. The van der Waals surface area contributed by atoms with Crippen molar-refractivity contribution in [2.75, 3.05) is 33.3 Å². The Labute approximate surface area is 268 Å². The predicted octanol–water partition coefficient (Wildman–Crippen LogP) is 3.92. The van der Waals surface area contributed by atoms with Gasteiger partial charge in [0.15, 0.2) is 28.6 Å². The number of benzene rings is 2. The molecule has 0 saturated carbocycles. The van der Waals surface area contributed by atoms with Crippen molar-refractivity contribution in [3.05, 3.63) is 87.0 Å². The van der Waals surface area contributed by atoms with E-state index in [1.54, 1.807) is 58.5 Å². The molecular formula is C32H33N7O6S. The molecule has 14 heteroatoms. The lowest BCUT2D eigenvalue weighted by Gasteiger charge is -2.24. The van der Waals surface area contributed by atoms with E-state index in [1.165, 1.54) is 16.0 Å². The second kappa shape index (κ2) is 13.0. The van der Waals surface area contributed by atoms with Crippen LogP contribution in [0.25, 0.3) is 21.3 Å². The number of hydrogen-bond donors (Lipinski definition) is 1. The van der Waals surface area contributed by atoms with Crippen LogP contribution < -0.4 is 29.4 Å². The van der Waals surface area contributed by atoms with Crippen LogP contribution in [0.1, 0.15) is 21.8 Å². The molecule has 0 aliphatic rings. The smallest absolute Gasteiger partial charge is 0.291 e. The van der Waals surface area contributed by atoms with Crippen molar-refractivity contribution in [2.24, 2.45) is 7.05 Å². The Morgan fingerprint density at radius 3 is 2.09 bits per heavy atom. The number of methoxy groups -OCH3 is 4. The maximum Gasteiger partial charge on any atom is 0.291 e. The molecule has 4 heterocycles. The van der Waals surface area contributed by atoms with E-state index in [0.717, 1.165) is 15.8 Å². The minimum absolute atomic E-state index is 0.138. The van der Waals surface area contributed by atoms with Crippen LogP contribution in [0, 0.1) is 0 Å². The lowest BCUT2D eigenvalue weighted by Crippen LogP contribution is -2.27. The minimum atomic E-state index is -0.261. The number of rotatable bonds is 12. The van der Waals surface area contributed by atoms with Gasteiger partial charge in [0.05, 0.1) is 58.2 Å². The second-order valence-electron chi connectivity index (χ2n) is 10.4. The van der Waals surface area contributed by atoms with Crippen LogP contribution >= 0.6 is 11.3 Å². The molecule has 0 fully saturated rings. The van der Waals surface area contributed by atoms with Crippen molar-refractivity contribution in [1.82, 2.24) is 29.3 Å². The zero-order valence-corrected chi connectivity index (χ0v) is 26.9. The topological polar surface area (TPSA) is 139 Å². The number of nitrogens with zero attached hydrogens (tertiary/aromatic N) is 7. The van der Waals surface area contributed by atoms with Gasteiger partial charge in [-0.1, -0.05) is 12.1 Å². The van der Waals surface area contributed by atoms with E-state index in [1.807, 2.05) is 41.3 Å². The van der Waals surface area contributed by atoms with Gasteiger partial charge >= 0.3 is 0 Å². The summed E-state index contributed by atoms with van der Waals surface area (Å²) in [6, 6.07) is 13.3. The first-order valence-electron chi connectivity index (χ1n) is 14.3. The maximum atomic E-state index is 13.6. The summed E-state index contributed by atoms with van der Waals surface area (Å²) in [7, 11) is 8.20. The van der Waals surface area contributed by atoms with Crippen LogP contribution in [0.2, 0.25) is 0 Å². The zero-order valence-electron chi connectivity index (χ0n) is 26.1. The summed E-state index contributed by atoms with van der Waals surface area (Å²) in [6.07, 6.45) is 3.34. The number of anilines is 1. The van der Waals surface area contributed by atoms with E-state index in [4.69, 9.17) is 23.9 Å².